The molecule has 0 heterocycles. The summed E-state index contributed by atoms with van der Waals surface area (Å²) < 4.78 is 0. The lowest BCUT2D eigenvalue weighted by molar-refractivity contribution is -0.118. The number of hydrogen-bond donors (Lipinski definition) is 1. The zero-order valence-corrected chi connectivity index (χ0v) is 9.73. The van der Waals surface area contributed by atoms with Gasteiger partial charge in [0.05, 0.1) is 0 Å². The molecule has 1 amide bonds. The minimum absolute atomic E-state index is 0.0782. The molecule has 0 atom stereocenters. The molecule has 0 unspecified atom stereocenters. The van der Waals surface area contributed by atoms with E-state index in [1.807, 2.05) is 0 Å². The number of amides is 1. The van der Waals surface area contributed by atoms with Gasteiger partial charge < -0.3 is 5.32 Å². The summed E-state index contributed by atoms with van der Waals surface area (Å²) in [6.07, 6.45) is 7.33. The first kappa shape index (κ1) is 13.2. The van der Waals surface area contributed by atoms with E-state index in [-0.39, 0.29) is 11.4 Å². The predicted octanol–water partition coefficient (Wildman–Crippen LogP) is 3.04. The van der Waals surface area contributed by atoms with Crippen molar-refractivity contribution < 1.29 is 4.79 Å². The van der Waals surface area contributed by atoms with Crippen molar-refractivity contribution in [2.75, 3.05) is 0 Å². The Hall–Kier alpha value is -0.790. The van der Waals surface area contributed by atoms with Gasteiger partial charge in [-0.3, -0.25) is 4.79 Å². The molecule has 0 aliphatic carbocycles. The van der Waals surface area contributed by atoms with Gasteiger partial charge in [-0.15, -0.1) is 0 Å². The number of unbranched alkanes of at least 4 members (excludes halogenated alkanes) is 3. The van der Waals surface area contributed by atoms with Gasteiger partial charge in [-0.2, -0.15) is 0 Å². The van der Waals surface area contributed by atoms with Crippen LogP contribution in [0.1, 0.15) is 52.9 Å². The minimum atomic E-state index is -0.0982. The Balaban J connectivity index is 3.71. The molecule has 1 N–H and O–H groups in total. The molecule has 0 aromatic heterocycles. The first-order valence-corrected chi connectivity index (χ1v) is 5.46. The molecular formula is C12H23NO. The minimum Gasteiger partial charge on any atom is -0.348 e. The molecule has 0 bridgehead atoms. The van der Waals surface area contributed by atoms with Gasteiger partial charge in [0.2, 0.25) is 5.91 Å². The van der Waals surface area contributed by atoms with Crippen LogP contribution in [0, 0.1) is 0 Å². The highest BCUT2D eigenvalue weighted by atomic mass is 16.1. The van der Waals surface area contributed by atoms with E-state index in [9.17, 15) is 4.79 Å². The first-order valence-electron chi connectivity index (χ1n) is 5.46. The van der Waals surface area contributed by atoms with Crippen molar-refractivity contribution in [3.8, 4) is 0 Å². The summed E-state index contributed by atoms with van der Waals surface area (Å²) in [5.41, 5.74) is -0.0982. The van der Waals surface area contributed by atoms with Gasteiger partial charge in [0.25, 0.3) is 0 Å². The number of nitrogens with one attached hydrogen (secondary N) is 1. The predicted molar refractivity (Wildman–Crippen MR) is 61.2 cm³/mol. The van der Waals surface area contributed by atoms with Crippen molar-refractivity contribution in [3.63, 3.8) is 0 Å². The summed E-state index contributed by atoms with van der Waals surface area (Å²) >= 11 is 0. The van der Waals surface area contributed by atoms with Crippen LogP contribution in [0.5, 0.6) is 0 Å². The van der Waals surface area contributed by atoms with Crippen LogP contribution in [0.4, 0.5) is 0 Å². The summed E-state index contributed by atoms with van der Waals surface area (Å²) in [5.74, 6) is -0.0782. The van der Waals surface area contributed by atoms with E-state index in [2.05, 4.69) is 32.7 Å². The molecule has 0 spiro atoms. The number of carbonyl (C=O) groups is 1. The van der Waals surface area contributed by atoms with E-state index in [0.29, 0.717) is 0 Å². The molecule has 0 aliphatic heterocycles. The van der Waals surface area contributed by atoms with Gasteiger partial charge in [0.15, 0.2) is 0 Å². The van der Waals surface area contributed by atoms with Gasteiger partial charge in [-0.25, -0.2) is 0 Å². The van der Waals surface area contributed by atoms with Gasteiger partial charge >= 0.3 is 0 Å². The average Bonchev–Trinajstić information content (AvgIpc) is 2.12. The smallest absolute Gasteiger partial charge is 0.243 e. The maximum Gasteiger partial charge on any atom is 0.243 e. The maximum atomic E-state index is 11.1. The van der Waals surface area contributed by atoms with Crippen LogP contribution in [-0.4, -0.2) is 11.4 Å². The van der Waals surface area contributed by atoms with E-state index in [0.717, 1.165) is 6.42 Å². The first-order chi connectivity index (χ1) is 6.52. The Labute approximate surface area is 87.8 Å². The fourth-order valence-electron chi connectivity index (χ4n) is 1.44. The molecule has 2 nitrogen and oxygen atoms in total. The number of hydrogen-bond acceptors (Lipinski definition) is 1. The second-order valence-corrected chi connectivity index (χ2v) is 4.39. The van der Waals surface area contributed by atoms with E-state index in [4.69, 9.17) is 0 Å². The summed E-state index contributed by atoms with van der Waals surface area (Å²) in [4.78, 5) is 11.1. The lowest BCUT2D eigenvalue weighted by Gasteiger charge is -2.25. The van der Waals surface area contributed by atoms with Crippen LogP contribution in [-0.2, 0) is 4.79 Å². The molecule has 0 saturated heterocycles. The largest absolute Gasteiger partial charge is 0.348 e. The van der Waals surface area contributed by atoms with Crippen molar-refractivity contribution in [2.24, 2.45) is 0 Å². The molecular weight excluding hydrogens is 174 g/mol. The van der Waals surface area contributed by atoms with Crippen molar-refractivity contribution in [1.29, 1.82) is 0 Å². The summed E-state index contributed by atoms with van der Waals surface area (Å²) in [6, 6.07) is 0. The molecule has 0 radical (unpaired) electrons. The summed E-state index contributed by atoms with van der Waals surface area (Å²) in [5, 5.41) is 2.93. The Kier molecular flexibility index (Phi) is 6.26. The zero-order valence-electron chi connectivity index (χ0n) is 9.73. The van der Waals surface area contributed by atoms with Crippen molar-refractivity contribution in [3.05, 3.63) is 12.7 Å². The number of rotatable bonds is 7. The standard InChI is InChI=1S/C12H23NO/c1-5-7-8-9-10-12(3,4)13-11(14)6-2/h6H,2,5,7-10H2,1,3-4H3,(H,13,14). The highest BCUT2D eigenvalue weighted by Gasteiger charge is 2.17. The molecule has 82 valence electrons. The van der Waals surface area contributed by atoms with Gasteiger partial charge in [0, 0.05) is 5.54 Å². The molecule has 0 aliphatic rings. The third-order valence-corrected chi connectivity index (χ3v) is 2.30. The Morgan fingerprint density at radius 3 is 2.50 bits per heavy atom. The van der Waals surface area contributed by atoms with Gasteiger partial charge in [-0.1, -0.05) is 39.2 Å². The molecule has 0 aromatic carbocycles. The lowest BCUT2D eigenvalue weighted by Crippen LogP contribution is -2.42. The van der Waals surface area contributed by atoms with E-state index in [1.165, 1.54) is 31.8 Å². The molecule has 0 saturated carbocycles. The fourth-order valence-corrected chi connectivity index (χ4v) is 1.44. The van der Waals surface area contributed by atoms with Crippen molar-refractivity contribution in [2.45, 2.75) is 58.4 Å². The monoisotopic (exact) mass is 197 g/mol. The van der Waals surface area contributed by atoms with Crippen molar-refractivity contribution >= 4 is 5.91 Å². The van der Waals surface area contributed by atoms with Gasteiger partial charge in [0.1, 0.15) is 0 Å². The van der Waals surface area contributed by atoms with E-state index >= 15 is 0 Å². The van der Waals surface area contributed by atoms with E-state index in [1.54, 1.807) is 0 Å². The molecule has 0 fully saturated rings. The zero-order chi connectivity index (χ0) is 11.0. The van der Waals surface area contributed by atoms with Crippen LogP contribution in [0.2, 0.25) is 0 Å². The molecule has 0 rings (SSSR count). The second-order valence-electron chi connectivity index (χ2n) is 4.39. The van der Waals surface area contributed by atoms with Crippen LogP contribution in [0.25, 0.3) is 0 Å². The lowest BCUT2D eigenvalue weighted by atomic mass is 9.96. The van der Waals surface area contributed by atoms with Crippen LogP contribution >= 0.6 is 0 Å². The summed E-state index contributed by atoms with van der Waals surface area (Å²) in [7, 11) is 0. The maximum absolute atomic E-state index is 11.1. The molecule has 0 aromatic rings. The molecule has 14 heavy (non-hydrogen) atoms. The van der Waals surface area contributed by atoms with Crippen LogP contribution in [0.15, 0.2) is 12.7 Å². The van der Waals surface area contributed by atoms with Crippen molar-refractivity contribution in [1.82, 2.24) is 5.32 Å². The highest BCUT2D eigenvalue weighted by molar-refractivity contribution is 5.87. The topological polar surface area (TPSA) is 29.1 Å². The third kappa shape index (κ3) is 6.70. The fraction of sp³-hybridized carbons (Fsp3) is 0.750. The normalized spacial score (nSPS) is 11.1. The van der Waals surface area contributed by atoms with Gasteiger partial charge in [-0.05, 0) is 26.3 Å². The highest BCUT2D eigenvalue weighted by Crippen LogP contribution is 2.14. The van der Waals surface area contributed by atoms with Crippen LogP contribution in [0.3, 0.4) is 0 Å². The van der Waals surface area contributed by atoms with E-state index < -0.39 is 0 Å². The molecule has 2 heteroatoms. The Bertz CT molecular complexity index is 185. The quantitative estimate of drug-likeness (QED) is 0.493. The summed E-state index contributed by atoms with van der Waals surface area (Å²) in [6.45, 7) is 9.75. The van der Waals surface area contributed by atoms with Crippen LogP contribution < -0.4 is 5.32 Å². The second kappa shape index (κ2) is 6.63. The third-order valence-electron chi connectivity index (χ3n) is 2.30. The average molecular weight is 197 g/mol. The Morgan fingerprint density at radius 1 is 1.36 bits per heavy atom. The SMILES string of the molecule is C=CC(=O)NC(C)(C)CCCCCC. The Morgan fingerprint density at radius 2 is 2.00 bits per heavy atom. The number of carbonyl (C=O) groups excluding carboxylic acids is 1.